The molecule has 17 rings (SSSR count). The number of nitrogens with zero attached hydrogens (tertiary/aromatic N) is 5. The second-order valence-electron chi connectivity index (χ2n) is 23.6. The van der Waals surface area contributed by atoms with Gasteiger partial charge in [0.05, 0.1) is 22.1 Å². The van der Waals surface area contributed by atoms with Crippen LogP contribution in [-0.2, 0) is 0 Å². The highest BCUT2D eigenvalue weighted by atomic mass is 15.0. The van der Waals surface area contributed by atoms with Gasteiger partial charge in [0.15, 0.2) is 17.5 Å². The summed E-state index contributed by atoms with van der Waals surface area (Å²) in [6.07, 6.45) is 0. The van der Waals surface area contributed by atoms with Gasteiger partial charge in [0.25, 0.3) is 0 Å². The molecule has 0 aliphatic rings. The maximum Gasteiger partial charge on any atom is 0.164 e. The molecule has 0 atom stereocenters. The van der Waals surface area contributed by atoms with Gasteiger partial charge in [-0.05, 0) is 187 Å². The zero-order chi connectivity index (χ0) is 60.9. The van der Waals surface area contributed by atoms with Crippen molar-refractivity contribution in [3.63, 3.8) is 0 Å². The Balaban J connectivity index is 0.779. The SMILES string of the molecule is c1ccc(-c2cc(-c3ccccc3)cc(-c3ccc4c(c3)c3cc(-c5cc(-c6ccccc6)cc(-c6ccccc6)c5)ccc3n4-c3ccc(-c4ccc5c6ccccc6n(-c6ccc(-c7nc(-c8ccccc8)nc(-c8ccccc8)n7)cc6)c5c4)cc3)c2)cc1. The van der Waals surface area contributed by atoms with E-state index >= 15 is 0 Å². The van der Waals surface area contributed by atoms with Crippen molar-refractivity contribution in [1.29, 1.82) is 0 Å². The third-order valence-electron chi connectivity index (χ3n) is 17.9. The van der Waals surface area contributed by atoms with Crippen molar-refractivity contribution in [2.45, 2.75) is 0 Å². The summed E-state index contributed by atoms with van der Waals surface area (Å²) in [4.78, 5) is 15.0. The number of fused-ring (bicyclic) bond motifs is 6. The Morgan fingerprint density at radius 1 is 0.152 bits per heavy atom. The lowest BCUT2D eigenvalue weighted by molar-refractivity contribution is 1.07. The van der Waals surface area contributed by atoms with Crippen LogP contribution in [0, 0.1) is 0 Å². The lowest BCUT2D eigenvalue weighted by Crippen LogP contribution is -2.00. The quantitative estimate of drug-likeness (QED) is 0.122. The van der Waals surface area contributed by atoms with Crippen molar-refractivity contribution in [3.8, 4) is 123 Å². The van der Waals surface area contributed by atoms with Crippen LogP contribution in [0.15, 0.2) is 346 Å². The number of hydrogen-bond donors (Lipinski definition) is 0. The Bertz CT molecular complexity index is 5210. The molecular formula is C87H57N5. The number of rotatable bonds is 12. The van der Waals surface area contributed by atoms with Gasteiger partial charge in [0.1, 0.15) is 0 Å². The van der Waals surface area contributed by atoms with Crippen molar-refractivity contribution in [1.82, 2.24) is 24.1 Å². The topological polar surface area (TPSA) is 48.5 Å². The molecule has 5 nitrogen and oxygen atoms in total. The van der Waals surface area contributed by atoms with Crippen molar-refractivity contribution >= 4 is 43.6 Å². The minimum atomic E-state index is 0.623. The van der Waals surface area contributed by atoms with Gasteiger partial charge in [-0.1, -0.05) is 237 Å². The van der Waals surface area contributed by atoms with Crippen molar-refractivity contribution < 1.29 is 0 Å². The molecule has 0 saturated heterocycles. The minimum absolute atomic E-state index is 0.623. The van der Waals surface area contributed by atoms with Gasteiger partial charge < -0.3 is 9.13 Å². The Morgan fingerprint density at radius 2 is 0.413 bits per heavy atom. The second-order valence-corrected chi connectivity index (χ2v) is 23.6. The third-order valence-corrected chi connectivity index (χ3v) is 17.9. The van der Waals surface area contributed by atoms with E-state index in [1.807, 2.05) is 60.7 Å². The largest absolute Gasteiger partial charge is 0.309 e. The van der Waals surface area contributed by atoms with Gasteiger partial charge in [-0.3, -0.25) is 0 Å². The van der Waals surface area contributed by atoms with Crippen molar-refractivity contribution in [2.24, 2.45) is 0 Å². The average molecular weight is 1170 g/mol. The molecule has 0 fully saturated rings. The van der Waals surface area contributed by atoms with E-state index in [4.69, 9.17) is 15.0 Å². The molecule has 0 amide bonds. The third kappa shape index (κ3) is 10.0. The molecule has 0 bridgehead atoms. The average Bonchev–Trinajstić information content (AvgIpc) is 1.60. The molecule has 3 heterocycles. The molecule has 17 aromatic rings. The normalized spacial score (nSPS) is 11.5. The summed E-state index contributed by atoms with van der Waals surface area (Å²) in [5, 5.41) is 4.76. The minimum Gasteiger partial charge on any atom is -0.309 e. The summed E-state index contributed by atoms with van der Waals surface area (Å²) in [5.74, 6) is 1.90. The smallest absolute Gasteiger partial charge is 0.164 e. The molecule has 0 radical (unpaired) electrons. The maximum atomic E-state index is 5.03. The van der Waals surface area contributed by atoms with Gasteiger partial charge in [-0.25, -0.2) is 15.0 Å². The lowest BCUT2D eigenvalue weighted by Gasteiger charge is -2.13. The molecule has 3 aromatic heterocycles. The van der Waals surface area contributed by atoms with Crippen LogP contribution in [0.25, 0.3) is 167 Å². The van der Waals surface area contributed by atoms with Crippen LogP contribution >= 0.6 is 0 Å². The second kappa shape index (κ2) is 23.0. The zero-order valence-corrected chi connectivity index (χ0v) is 50.1. The molecule has 92 heavy (non-hydrogen) atoms. The predicted octanol–water partition coefficient (Wildman–Crippen LogP) is 22.7. The summed E-state index contributed by atoms with van der Waals surface area (Å²) in [7, 11) is 0. The number of hydrogen-bond acceptors (Lipinski definition) is 3. The standard InChI is InChI=1S/C87H57N5/c1-7-21-58(22-8-1)69-49-70(59-23-9-2-10-24-59)52-73(51-69)66-40-47-82-79(55-66)80-56-67(74-53-71(60-25-11-3-12-26-60)50-72(54-74)61-27-13-4-14-28-61)41-48-83(80)91(82)75-42-35-62(36-43-75)68-39-46-78-77-33-19-20-34-81(77)92(84(78)57-68)76-44-37-65(38-45-76)87-89-85(63-29-15-5-16-30-63)88-86(90-87)64-31-17-6-18-32-64/h1-57H. The van der Waals surface area contributed by atoms with Gasteiger partial charge in [-0.15, -0.1) is 0 Å². The van der Waals surface area contributed by atoms with Crippen LogP contribution < -0.4 is 0 Å². The predicted molar refractivity (Wildman–Crippen MR) is 383 cm³/mol. The van der Waals surface area contributed by atoms with Crippen LogP contribution in [0.2, 0.25) is 0 Å². The number of benzene rings is 14. The van der Waals surface area contributed by atoms with Crippen molar-refractivity contribution in [3.05, 3.63) is 346 Å². The summed E-state index contributed by atoms with van der Waals surface area (Å²) in [6.45, 7) is 0. The highest BCUT2D eigenvalue weighted by Gasteiger charge is 2.20. The first kappa shape index (κ1) is 53.9. The first-order valence-electron chi connectivity index (χ1n) is 31.3. The highest BCUT2D eigenvalue weighted by Crippen LogP contribution is 2.42. The van der Waals surface area contributed by atoms with Gasteiger partial charge in [0, 0.05) is 49.6 Å². The molecule has 0 aliphatic heterocycles. The Hall–Kier alpha value is -12.3. The Kier molecular flexibility index (Phi) is 13.5. The fraction of sp³-hybridized carbons (Fsp3) is 0. The molecule has 5 heteroatoms. The van der Waals surface area contributed by atoms with Crippen LogP contribution in [0.4, 0.5) is 0 Å². The summed E-state index contributed by atoms with van der Waals surface area (Å²) in [5.41, 5.74) is 25.9. The van der Waals surface area contributed by atoms with Gasteiger partial charge >= 0.3 is 0 Å². The van der Waals surface area contributed by atoms with E-state index < -0.39 is 0 Å². The molecule has 430 valence electrons. The molecule has 0 N–H and O–H groups in total. The number of aromatic nitrogens is 5. The van der Waals surface area contributed by atoms with Gasteiger partial charge in [-0.2, -0.15) is 0 Å². The van der Waals surface area contributed by atoms with E-state index in [-0.39, 0.29) is 0 Å². The Labute approximate surface area is 533 Å². The molecule has 14 aromatic carbocycles. The van der Waals surface area contributed by atoms with Crippen LogP contribution in [0.5, 0.6) is 0 Å². The molecule has 0 spiro atoms. The van der Waals surface area contributed by atoms with Crippen LogP contribution in [0.1, 0.15) is 0 Å². The first-order valence-corrected chi connectivity index (χ1v) is 31.3. The van der Waals surface area contributed by atoms with E-state index in [2.05, 4.69) is 294 Å². The molecule has 0 unspecified atom stereocenters. The fourth-order valence-corrected chi connectivity index (χ4v) is 13.4. The zero-order valence-electron chi connectivity index (χ0n) is 50.1. The highest BCUT2D eigenvalue weighted by molar-refractivity contribution is 6.13. The van der Waals surface area contributed by atoms with Crippen LogP contribution in [-0.4, -0.2) is 24.1 Å². The van der Waals surface area contributed by atoms with E-state index in [9.17, 15) is 0 Å². The number of para-hydroxylation sites is 1. The first-order chi connectivity index (χ1) is 45.6. The summed E-state index contributed by atoms with van der Waals surface area (Å²) < 4.78 is 4.83. The van der Waals surface area contributed by atoms with Gasteiger partial charge in [0.2, 0.25) is 0 Å². The molecular weight excluding hydrogens is 1110 g/mol. The maximum absolute atomic E-state index is 5.03. The molecule has 0 aliphatic carbocycles. The summed E-state index contributed by atoms with van der Waals surface area (Å²) >= 11 is 0. The lowest BCUT2D eigenvalue weighted by atomic mass is 9.92. The van der Waals surface area contributed by atoms with Crippen LogP contribution in [0.3, 0.4) is 0 Å². The monoisotopic (exact) mass is 1170 g/mol. The fourth-order valence-electron chi connectivity index (χ4n) is 13.4. The van der Waals surface area contributed by atoms with E-state index in [0.29, 0.717) is 17.5 Å². The summed E-state index contributed by atoms with van der Waals surface area (Å²) in [6, 6.07) is 125. The Morgan fingerprint density at radius 3 is 0.815 bits per heavy atom. The van der Waals surface area contributed by atoms with E-state index in [1.54, 1.807) is 0 Å². The van der Waals surface area contributed by atoms with E-state index in [0.717, 1.165) is 72.4 Å². The van der Waals surface area contributed by atoms with Crippen molar-refractivity contribution in [2.75, 3.05) is 0 Å². The molecule has 0 saturated carbocycles. The van der Waals surface area contributed by atoms with E-state index in [1.165, 1.54) is 77.2 Å².